The van der Waals surface area contributed by atoms with Crippen molar-refractivity contribution in [1.29, 1.82) is 0 Å². The van der Waals surface area contributed by atoms with E-state index >= 15 is 0 Å². The summed E-state index contributed by atoms with van der Waals surface area (Å²) >= 11 is 0. The van der Waals surface area contributed by atoms with Crippen LogP contribution in [0.5, 0.6) is 11.5 Å². The first-order valence-electron chi connectivity index (χ1n) is 7.00. The number of hydrogen-bond acceptors (Lipinski definition) is 3. The van der Waals surface area contributed by atoms with Crippen molar-refractivity contribution in [2.75, 3.05) is 19.5 Å². The SMILES string of the molecule is COc1ccc(OC)c(/C=C/C(=O)Nc2ccc(F)cc2C)c1. The number of ether oxygens (including phenoxy) is 2. The van der Waals surface area contributed by atoms with E-state index in [4.69, 9.17) is 9.47 Å². The monoisotopic (exact) mass is 315 g/mol. The first-order chi connectivity index (χ1) is 11.0. The highest BCUT2D eigenvalue weighted by atomic mass is 19.1. The minimum Gasteiger partial charge on any atom is -0.497 e. The summed E-state index contributed by atoms with van der Waals surface area (Å²) in [4.78, 5) is 12.0. The van der Waals surface area contributed by atoms with Crippen LogP contribution >= 0.6 is 0 Å². The summed E-state index contributed by atoms with van der Waals surface area (Å²) in [6.07, 6.45) is 3.02. The van der Waals surface area contributed by atoms with Gasteiger partial charge in [0.05, 0.1) is 14.2 Å². The van der Waals surface area contributed by atoms with E-state index in [1.165, 1.54) is 24.3 Å². The molecule has 4 nitrogen and oxygen atoms in total. The zero-order chi connectivity index (χ0) is 16.8. The number of amides is 1. The van der Waals surface area contributed by atoms with Crippen LogP contribution in [-0.4, -0.2) is 20.1 Å². The molecular weight excluding hydrogens is 297 g/mol. The molecule has 0 aromatic heterocycles. The second-order valence-corrected chi connectivity index (χ2v) is 4.89. The average Bonchev–Trinajstić information content (AvgIpc) is 2.55. The van der Waals surface area contributed by atoms with Crippen molar-refractivity contribution in [3.8, 4) is 11.5 Å². The third-order valence-corrected chi connectivity index (χ3v) is 3.30. The minimum atomic E-state index is -0.336. The number of anilines is 1. The normalized spacial score (nSPS) is 10.6. The molecule has 1 amide bonds. The number of carbonyl (C=O) groups is 1. The molecule has 0 unspecified atom stereocenters. The summed E-state index contributed by atoms with van der Waals surface area (Å²) < 4.78 is 23.5. The van der Waals surface area contributed by atoms with Gasteiger partial charge in [-0.2, -0.15) is 0 Å². The lowest BCUT2D eigenvalue weighted by Crippen LogP contribution is -2.09. The van der Waals surface area contributed by atoms with Crippen LogP contribution in [0.4, 0.5) is 10.1 Å². The number of halogens is 1. The van der Waals surface area contributed by atoms with Crippen molar-refractivity contribution in [2.24, 2.45) is 0 Å². The quantitative estimate of drug-likeness (QED) is 0.854. The van der Waals surface area contributed by atoms with Crippen molar-refractivity contribution in [3.63, 3.8) is 0 Å². The molecule has 0 saturated carbocycles. The van der Waals surface area contributed by atoms with E-state index in [-0.39, 0.29) is 11.7 Å². The summed E-state index contributed by atoms with van der Waals surface area (Å²) in [5, 5.41) is 2.71. The second kappa shape index (κ2) is 7.45. The van der Waals surface area contributed by atoms with E-state index in [9.17, 15) is 9.18 Å². The van der Waals surface area contributed by atoms with E-state index in [1.807, 2.05) is 0 Å². The number of nitrogens with one attached hydrogen (secondary N) is 1. The van der Waals surface area contributed by atoms with E-state index in [0.717, 1.165) is 5.56 Å². The highest BCUT2D eigenvalue weighted by molar-refractivity contribution is 6.02. The summed E-state index contributed by atoms with van der Waals surface area (Å²) in [5.41, 5.74) is 1.95. The number of rotatable bonds is 5. The van der Waals surface area contributed by atoms with Crippen LogP contribution in [0.15, 0.2) is 42.5 Å². The van der Waals surface area contributed by atoms with Gasteiger partial charge >= 0.3 is 0 Å². The zero-order valence-electron chi connectivity index (χ0n) is 13.2. The molecule has 0 heterocycles. The van der Waals surface area contributed by atoms with Gasteiger partial charge in [0.1, 0.15) is 17.3 Å². The summed E-state index contributed by atoms with van der Waals surface area (Å²) in [6.45, 7) is 1.73. The number of aryl methyl sites for hydroxylation is 1. The van der Waals surface area contributed by atoms with E-state index in [1.54, 1.807) is 45.4 Å². The summed E-state index contributed by atoms with van der Waals surface area (Å²) in [5.74, 6) is 0.648. The number of carbonyl (C=O) groups excluding carboxylic acids is 1. The first kappa shape index (κ1) is 16.5. The Morgan fingerprint density at radius 2 is 1.91 bits per heavy atom. The highest BCUT2D eigenvalue weighted by Gasteiger charge is 2.05. The van der Waals surface area contributed by atoms with Gasteiger partial charge in [-0.3, -0.25) is 4.79 Å². The van der Waals surface area contributed by atoms with Crippen molar-refractivity contribution < 1.29 is 18.7 Å². The smallest absolute Gasteiger partial charge is 0.248 e. The predicted molar refractivity (Wildman–Crippen MR) is 88.3 cm³/mol. The maximum Gasteiger partial charge on any atom is 0.248 e. The Bertz CT molecular complexity index is 741. The molecule has 0 fully saturated rings. The molecule has 120 valence electrons. The van der Waals surface area contributed by atoms with Crippen LogP contribution in [0, 0.1) is 12.7 Å². The largest absolute Gasteiger partial charge is 0.497 e. The molecule has 0 aliphatic heterocycles. The average molecular weight is 315 g/mol. The first-order valence-corrected chi connectivity index (χ1v) is 7.00. The molecule has 5 heteroatoms. The van der Waals surface area contributed by atoms with Gasteiger partial charge in [-0.15, -0.1) is 0 Å². The molecule has 2 aromatic carbocycles. The lowest BCUT2D eigenvalue weighted by Gasteiger charge is -2.08. The van der Waals surface area contributed by atoms with Crippen LogP contribution in [0.1, 0.15) is 11.1 Å². The maximum atomic E-state index is 13.1. The van der Waals surface area contributed by atoms with Gasteiger partial charge in [0.25, 0.3) is 0 Å². The van der Waals surface area contributed by atoms with Crippen LogP contribution in [-0.2, 0) is 4.79 Å². The van der Waals surface area contributed by atoms with Crippen LogP contribution in [0.3, 0.4) is 0 Å². The van der Waals surface area contributed by atoms with Gasteiger partial charge < -0.3 is 14.8 Å². The molecule has 2 aromatic rings. The number of methoxy groups -OCH3 is 2. The molecule has 0 spiro atoms. The zero-order valence-corrected chi connectivity index (χ0v) is 13.2. The molecule has 0 bridgehead atoms. The van der Waals surface area contributed by atoms with E-state index in [2.05, 4.69) is 5.32 Å². The van der Waals surface area contributed by atoms with Gasteiger partial charge in [0.15, 0.2) is 0 Å². The molecular formula is C18H18FNO3. The van der Waals surface area contributed by atoms with Gasteiger partial charge in [0, 0.05) is 17.3 Å². The Morgan fingerprint density at radius 3 is 2.57 bits per heavy atom. The summed E-state index contributed by atoms with van der Waals surface area (Å²) in [7, 11) is 3.13. The van der Waals surface area contributed by atoms with E-state index < -0.39 is 0 Å². The van der Waals surface area contributed by atoms with Crippen LogP contribution in [0.2, 0.25) is 0 Å². The Kier molecular flexibility index (Phi) is 5.36. The molecule has 0 saturated heterocycles. The Morgan fingerprint density at radius 1 is 1.13 bits per heavy atom. The molecule has 2 rings (SSSR count). The molecule has 23 heavy (non-hydrogen) atoms. The predicted octanol–water partition coefficient (Wildman–Crippen LogP) is 3.80. The highest BCUT2D eigenvalue weighted by Crippen LogP contribution is 2.25. The maximum absolute atomic E-state index is 13.1. The van der Waals surface area contributed by atoms with Gasteiger partial charge in [0.2, 0.25) is 5.91 Å². The van der Waals surface area contributed by atoms with E-state index in [0.29, 0.717) is 22.7 Å². The van der Waals surface area contributed by atoms with Gasteiger partial charge in [-0.25, -0.2) is 4.39 Å². The Hall–Kier alpha value is -2.82. The standard InChI is InChI=1S/C18H18FNO3/c1-12-10-14(19)5-7-16(12)20-18(21)9-4-13-11-15(22-2)6-8-17(13)23-3/h4-11H,1-3H3,(H,20,21)/b9-4+. The van der Waals surface area contributed by atoms with Crippen molar-refractivity contribution >= 4 is 17.7 Å². The summed E-state index contributed by atoms with van der Waals surface area (Å²) in [6, 6.07) is 9.51. The third-order valence-electron chi connectivity index (χ3n) is 3.30. The molecule has 0 radical (unpaired) electrons. The molecule has 0 aliphatic rings. The molecule has 0 atom stereocenters. The van der Waals surface area contributed by atoms with Crippen LogP contribution < -0.4 is 14.8 Å². The molecule has 1 N–H and O–H groups in total. The van der Waals surface area contributed by atoms with Gasteiger partial charge in [-0.05, 0) is 55.0 Å². The van der Waals surface area contributed by atoms with Gasteiger partial charge in [-0.1, -0.05) is 0 Å². The van der Waals surface area contributed by atoms with Crippen molar-refractivity contribution in [1.82, 2.24) is 0 Å². The van der Waals surface area contributed by atoms with Crippen molar-refractivity contribution in [2.45, 2.75) is 6.92 Å². The fraction of sp³-hybridized carbons (Fsp3) is 0.167. The lowest BCUT2D eigenvalue weighted by molar-refractivity contribution is -0.111. The Labute approximate surface area is 134 Å². The molecule has 0 aliphatic carbocycles. The van der Waals surface area contributed by atoms with Crippen LogP contribution in [0.25, 0.3) is 6.08 Å². The lowest BCUT2D eigenvalue weighted by atomic mass is 10.1. The fourth-order valence-corrected chi connectivity index (χ4v) is 2.08. The second-order valence-electron chi connectivity index (χ2n) is 4.89. The van der Waals surface area contributed by atoms with Crippen molar-refractivity contribution in [3.05, 3.63) is 59.4 Å². The fourth-order valence-electron chi connectivity index (χ4n) is 2.08. The number of benzene rings is 2. The minimum absolute atomic E-state index is 0.315. The Balaban J connectivity index is 2.14. The third kappa shape index (κ3) is 4.32. The topological polar surface area (TPSA) is 47.6 Å². The number of hydrogen-bond donors (Lipinski definition) is 1.